The third kappa shape index (κ3) is 3.70. The van der Waals surface area contributed by atoms with E-state index < -0.39 is 0 Å². The number of nitrogens with zero attached hydrogens (tertiary/aromatic N) is 3. The maximum atomic E-state index is 11.2. The van der Waals surface area contributed by atoms with Gasteiger partial charge in [0.1, 0.15) is 5.69 Å². The number of nitro groups is 1. The van der Waals surface area contributed by atoms with E-state index in [4.69, 9.17) is 0 Å². The van der Waals surface area contributed by atoms with E-state index in [-0.39, 0.29) is 10.6 Å². The number of hydrogen-bond acceptors (Lipinski definition) is 4. The van der Waals surface area contributed by atoms with Crippen LogP contribution in [0.4, 0.5) is 11.4 Å². The molecule has 1 aromatic carbocycles. The van der Waals surface area contributed by atoms with Crippen molar-refractivity contribution < 1.29 is 4.92 Å². The number of rotatable bonds is 6. The summed E-state index contributed by atoms with van der Waals surface area (Å²) in [6.07, 6.45) is 2.54. The molecule has 0 unspecified atom stereocenters. The smallest absolute Gasteiger partial charge is 0.292 e. The average Bonchev–Trinajstić information content (AvgIpc) is 2.97. The second kappa shape index (κ2) is 7.04. The van der Waals surface area contributed by atoms with Crippen LogP contribution in [0.5, 0.6) is 0 Å². The molecule has 5 nitrogen and oxygen atoms in total. The summed E-state index contributed by atoms with van der Waals surface area (Å²) < 4.78 is 0. The third-order valence-corrected chi connectivity index (χ3v) is 4.40. The molecule has 1 saturated heterocycles. The van der Waals surface area contributed by atoms with Gasteiger partial charge in [-0.15, -0.1) is 0 Å². The van der Waals surface area contributed by atoms with Gasteiger partial charge in [-0.2, -0.15) is 0 Å². The van der Waals surface area contributed by atoms with E-state index in [1.54, 1.807) is 6.07 Å². The molecule has 20 heavy (non-hydrogen) atoms. The van der Waals surface area contributed by atoms with Gasteiger partial charge in [-0.3, -0.25) is 10.1 Å². The van der Waals surface area contributed by atoms with E-state index in [1.807, 2.05) is 24.1 Å². The number of likely N-dealkylation sites (tertiary alicyclic amines) is 1. The molecule has 0 spiro atoms. The van der Waals surface area contributed by atoms with Crippen molar-refractivity contribution in [1.82, 2.24) is 4.90 Å². The van der Waals surface area contributed by atoms with Crippen molar-refractivity contribution in [2.24, 2.45) is 0 Å². The Morgan fingerprint density at radius 3 is 2.70 bits per heavy atom. The SMILES string of the molecule is CN(CCN1CCCC1)c1ccc(CBr)cc1[N+](=O)[O-]. The fourth-order valence-electron chi connectivity index (χ4n) is 2.54. The lowest BCUT2D eigenvalue weighted by Crippen LogP contribution is -2.31. The molecule has 1 aromatic rings. The van der Waals surface area contributed by atoms with Crippen LogP contribution in [0.25, 0.3) is 0 Å². The van der Waals surface area contributed by atoms with Gasteiger partial charge < -0.3 is 9.80 Å². The Kier molecular flexibility index (Phi) is 5.37. The first kappa shape index (κ1) is 15.3. The fourth-order valence-corrected chi connectivity index (χ4v) is 2.89. The van der Waals surface area contributed by atoms with Gasteiger partial charge in [0, 0.05) is 31.5 Å². The Morgan fingerprint density at radius 1 is 1.40 bits per heavy atom. The minimum Gasteiger partial charge on any atom is -0.368 e. The van der Waals surface area contributed by atoms with Crippen molar-refractivity contribution in [1.29, 1.82) is 0 Å². The maximum Gasteiger partial charge on any atom is 0.292 e. The lowest BCUT2D eigenvalue weighted by Gasteiger charge is -2.23. The molecule has 0 amide bonds. The Labute approximate surface area is 127 Å². The summed E-state index contributed by atoms with van der Waals surface area (Å²) in [6, 6.07) is 5.43. The number of nitro benzene ring substituents is 1. The Bertz CT molecular complexity index is 475. The summed E-state index contributed by atoms with van der Waals surface area (Å²) in [5, 5.41) is 11.8. The molecule has 0 aliphatic carbocycles. The fraction of sp³-hybridized carbons (Fsp3) is 0.571. The van der Waals surface area contributed by atoms with Crippen molar-refractivity contribution in [3.63, 3.8) is 0 Å². The quantitative estimate of drug-likeness (QED) is 0.453. The number of hydrogen-bond donors (Lipinski definition) is 0. The third-order valence-electron chi connectivity index (χ3n) is 3.75. The molecule has 2 rings (SSSR count). The van der Waals surface area contributed by atoms with Gasteiger partial charge in [0.2, 0.25) is 0 Å². The van der Waals surface area contributed by atoms with Crippen LogP contribution < -0.4 is 4.90 Å². The van der Waals surface area contributed by atoms with Crippen LogP contribution in [0, 0.1) is 10.1 Å². The topological polar surface area (TPSA) is 49.6 Å². The predicted molar refractivity (Wildman–Crippen MR) is 84.7 cm³/mol. The van der Waals surface area contributed by atoms with Gasteiger partial charge in [0.15, 0.2) is 0 Å². The number of likely N-dealkylation sites (N-methyl/N-ethyl adjacent to an activating group) is 1. The molecular weight excluding hydrogens is 322 g/mol. The van der Waals surface area contributed by atoms with Crippen molar-refractivity contribution in [2.45, 2.75) is 18.2 Å². The Hall–Kier alpha value is -1.14. The molecule has 0 radical (unpaired) electrons. The van der Waals surface area contributed by atoms with Gasteiger partial charge in [-0.1, -0.05) is 22.0 Å². The molecule has 6 heteroatoms. The summed E-state index contributed by atoms with van der Waals surface area (Å²) in [5.74, 6) is 0. The summed E-state index contributed by atoms with van der Waals surface area (Å²) in [7, 11) is 1.92. The average molecular weight is 342 g/mol. The number of benzene rings is 1. The van der Waals surface area contributed by atoms with Gasteiger partial charge in [-0.05, 0) is 37.6 Å². The van der Waals surface area contributed by atoms with E-state index >= 15 is 0 Å². The van der Waals surface area contributed by atoms with Gasteiger partial charge >= 0.3 is 0 Å². The van der Waals surface area contributed by atoms with Crippen LogP contribution in [-0.2, 0) is 5.33 Å². The van der Waals surface area contributed by atoms with Crippen LogP contribution in [-0.4, -0.2) is 43.0 Å². The van der Waals surface area contributed by atoms with Crippen molar-refractivity contribution in [3.8, 4) is 0 Å². The second-order valence-corrected chi connectivity index (χ2v) is 5.74. The van der Waals surface area contributed by atoms with Crippen molar-refractivity contribution >= 4 is 27.3 Å². The number of anilines is 1. The number of alkyl halides is 1. The lowest BCUT2D eigenvalue weighted by molar-refractivity contribution is -0.384. The molecule has 1 aliphatic rings. The summed E-state index contributed by atoms with van der Waals surface area (Å²) in [6.45, 7) is 4.08. The molecule has 1 fully saturated rings. The van der Waals surface area contributed by atoms with Gasteiger partial charge in [0.25, 0.3) is 5.69 Å². The molecule has 1 aliphatic heterocycles. The monoisotopic (exact) mass is 341 g/mol. The molecule has 0 saturated carbocycles. The van der Waals surface area contributed by atoms with Crippen LogP contribution in [0.2, 0.25) is 0 Å². The Balaban J connectivity index is 2.07. The summed E-state index contributed by atoms with van der Waals surface area (Å²) >= 11 is 3.33. The van der Waals surface area contributed by atoms with Crippen LogP contribution in [0.15, 0.2) is 18.2 Å². The Morgan fingerprint density at radius 2 is 2.10 bits per heavy atom. The molecule has 110 valence electrons. The standard InChI is InChI=1S/C14H20BrN3O2/c1-16(8-9-17-6-2-3-7-17)13-5-4-12(11-15)10-14(13)18(19)20/h4-5,10H,2-3,6-9,11H2,1H3. The van der Waals surface area contributed by atoms with E-state index in [2.05, 4.69) is 20.8 Å². The lowest BCUT2D eigenvalue weighted by atomic mass is 10.2. The van der Waals surface area contributed by atoms with E-state index in [9.17, 15) is 10.1 Å². The highest BCUT2D eigenvalue weighted by atomic mass is 79.9. The summed E-state index contributed by atoms with van der Waals surface area (Å²) in [4.78, 5) is 15.3. The molecule has 0 aromatic heterocycles. The predicted octanol–water partition coefficient (Wildman–Crippen LogP) is 3.02. The minimum absolute atomic E-state index is 0.186. The largest absolute Gasteiger partial charge is 0.368 e. The normalized spacial score (nSPS) is 15.5. The molecular formula is C14H20BrN3O2. The van der Waals surface area contributed by atoms with E-state index in [1.165, 1.54) is 12.8 Å². The zero-order valence-corrected chi connectivity index (χ0v) is 13.3. The molecule has 0 atom stereocenters. The van der Waals surface area contributed by atoms with E-state index in [0.29, 0.717) is 11.0 Å². The summed E-state index contributed by atoms with van der Waals surface area (Å²) in [5.41, 5.74) is 1.80. The van der Waals surface area contributed by atoms with Gasteiger partial charge in [-0.25, -0.2) is 0 Å². The van der Waals surface area contributed by atoms with Crippen LogP contribution in [0.3, 0.4) is 0 Å². The van der Waals surface area contributed by atoms with Crippen molar-refractivity contribution in [3.05, 3.63) is 33.9 Å². The molecule has 0 N–H and O–H groups in total. The molecule has 0 bridgehead atoms. The first-order valence-electron chi connectivity index (χ1n) is 6.88. The van der Waals surface area contributed by atoms with E-state index in [0.717, 1.165) is 31.7 Å². The highest BCUT2D eigenvalue weighted by Crippen LogP contribution is 2.29. The minimum atomic E-state index is -0.298. The first-order valence-corrected chi connectivity index (χ1v) is 8.00. The van der Waals surface area contributed by atoms with Crippen molar-refractivity contribution in [2.75, 3.05) is 38.1 Å². The maximum absolute atomic E-state index is 11.2. The number of halogens is 1. The highest BCUT2D eigenvalue weighted by molar-refractivity contribution is 9.08. The second-order valence-electron chi connectivity index (χ2n) is 5.18. The zero-order chi connectivity index (χ0) is 14.5. The van der Waals surface area contributed by atoms with Crippen LogP contribution >= 0.6 is 15.9 Å². The van der Waals surface area contributed by atoms with Gasteiger partial charge in [0.05, 0.1) is 4.92 Å². The first-order chi connectivity index (χ1) is 9.61. The highest BCUT2D eigenvalue weighted by Gasteiger charge is 2.19. The van der Waals surface area contributed by atoms with Crippen LogP contribution in [0.1, 0.15) is 18.4 Å². The zero-order valence-electron chi connectivity index (χ0n) is 11.7. The molecule has 1 heterocycles.